The summed E-state index contributed by atoms with van der Waals surface area (Å²) in [5.74, 6) is 1.06. The number of hydrogen-bond donors (Lipinski definition) is 0. The normalized spacial score (nSPS) is 15.8. The molecule has 1 aliphatic rings. The zero-order valence-electron chi connectivity index (χ0n) is 8.04. The first kappa shape index (κ1) is 8.95. The van der Waals surface area contributed by atoms with Gasteiger partial charge in [0.1, 0.15) is 5.75 Å². The maximum atomic E-state index is 5.81. The van der Waals surface area contributed by atoms with E-state index in [1.807, 2.05) is 0 Å². The highest BCUT2D eigenvalue weighted by Crippen LogP contribution is 2.33. The largest absolute Gasteiger partial charge is 0.489 e. The van der Waals surface area contributed by atoms with Crippen molar-refractivity contribution < 1.29 is 4.74 Å². The van der Waals surface area contributed by atoms with Crippen LogP contribution in [0.3, 0.4) is 0 Å². The van der Waals surface area contributed by atoms with Crippen LogP contribution >= 0.6 is 11.8 Å². The maximum absolute atomic E-state index is 5.81. The first-order valence-corrected chi connectivity index (χ1v) is 5.83. The summed E-state index contributed by atoms with van der Waals surface area (Å²) < 4.78 is 5.81. The van der Waals surface area contributed by atoms with Gasteiger partial charge < -0.3 is 4.74 Å². The van der Waals surface area contributed by atoms with Gasteiger partial charge in [0.05, 0.1) is 6.10 Å². The molecule has 0 heterocycles. The number of benzene rings is 1. The molecule has 1 fully saturated rings. The van der Waals surface area contributed by atoms with E-state index in [-0.39, 0.29) is 0 Å². The molecule has 0 spiro atoms. The minimum Gasteiger partial charge on any atom is -0.489 e. The van der Waals surface area contributed by atoms with Gasteiger partial charge in [0.25, 0.3) is 0 Å². The molecule has 0 atom stereocenters. The average Bonchev–Trinajstić information content (AvgIpc) is 2.89. The summed E-state index contributed by atoms with van der Waals surface area (Å²) in [6, 6.07) is 6.40. The molecule has 0 aromatic heterocycles. The van der Waals surface area contributed by atoms with Crippen molar-refractivity contribution in [1.29, 1.82) is 0 Å². The maximum Gasteiger partial charge on any atom is 0.133 e. The van der Waals surface area contributed by atoms with Crippen LogP contribution in [0.5, 0.6) is 5.75 Å². The fourth-order valence-corrected chi connectivity index (χ4v) is 1.75. The predicted molar refractivity (Wildman–Crippen MR) is 56.6 cm³/mol. The van der Waals surface area contributed by atoms with E-state index in [2.05, 4.69) is 31.4 Å². The van der Waals surface area contributed by atoms with E-state index in [0.717, 1.165) is 5.75 Å². The van der Waals surface area contributed by atoms with E-state index < -0.39 is 0 Å². The number of ether oxygens (including phenoxy) is 1. The van der Waals surface area contributed by atoms with Gasteiger partial charge in [0.15, 0.2) is 0 Å². The number of thioether (sulfide) groups is 1. The van der Waals surface area contributed by atoms with Crippen molar-refractivity contribution >= 4 is 11.8 Å². The third-order valence-electron chi connectivity index (χ3n) is 2.14. The lowest BCUT2D eigenvalue weighted by molar-refractivity contribution is 0.296. The Hall–Kier alpha value is -0.630. The first-order valence-electron chi connectivity index (χ1n) is 4.61. The third-order valence-corrected chi connectivity index (χ3v) is 2.91. The van der Waals surface area contributed by atoms with Crippen molar-refractivity contribution in [1.82, 2.24) is 0 Å². The molecule has 70 valence electrons. The smallest absolute Gasteiger partial charge is 0.133 e. The Morgan fingerprint density at radius 1 is 1.38 bits per heavy atom. The Morgan fingerprint density at radius 3 is 2.77 bits per heavy atom. The van der Waals surface area contributed by atoms with Gasteiger partial charge in [0.2, 0.25) is 0 Å². The minimum atomic E-state index is 0.493. The molecular weight excluding hydrogens is 180 g/mol. The van der Waals surface area contributed by atoms with Crippen molar-refractivity contribution in [3.63, 3.8) is 0 Å². The number of aryl methyl sites for hydroxylation is 1. The highest BCUT2D eigenvalue weighted by Gasteiger charge is 2.24. The molecule has 1 aromatic rings. The molecule has 0 saturated heterocycles. The van der Waals surface area contributed by atoms with Gasteiger partial charge >= 0.3 is 0 Å². The molecular formula is C11H14OS. The molecule has 0 N–H and O–H groups in total. The van der Waals surface area contributed by atoms with Gasteiger partial charge in [0, 0.05) is 4.90 Å². The van der Waals surface area contributed by atoms with Crippen LogP contribution in [-0.4, -0.2) is 12.4 Å². The van der Waals surface area contributed by atoms with Crippen molar-refractivity contribution in [2.45, 2.75) is 30.8 Å². The van der Waals surface area contributed by atoms with E-state index >= 15 is 0 Å². The van der Waals surface area contributed by atoms with Gasteiger partial charge in [-0.25, -0.2) is 0 Å². The van der Waals surface area contributed by atoms with Crippen LogP contribution in [0.15, 0.2) is 23.1 Å². The van der Waals surface area contributed by atoms with E-state index in [0.29, 0.717) is 6.10 Å². The third kappa shape index (κ3) is 2.19. The van der Waals surface area contributed by atoms with E-state index in [1.165, 1.54) is 23.3 Å². The fraction of sp³-hybridized carbons (Fsp3) is 0.455. The van der Waals surface area contributed by atoms with Crippen LogP contribution < -0.4 is 4.74 Å². The molecule has 1 saturated carbocycles. The van der Waals surface area contributed by atoms with Gasteiger partial charge in [-0.3, -0.25) is 0 Å². The second kappa shape index (κ2) is 3.62. The van der Waals surface area contributed by atoms with Crippen LogP contribution in [0.4, 0.5) is 0 Å². The van der Waals surface area contributed by atoms with Gasteiger partial charge in [-0.2, -0.15) is 0 Å². The van der Waals surface area contributed by atoms with Gasteiger partial charge in [-0.1, -0.05) is 6.07 Å². The molecule has 0 amide bonds. The summed E-state index contributed by atoms with van der Waals surface area (Å²) in [5, 5.41) is 0. The van der Waals surface area contributed by atoms with Crippen molar-refractivity contribution in [3.05, 3.63) is 23.8 Å². The van der Waals surface area contributed by atoms with Crippen molar-refractivity contribution in [2.75, 3.05) is 6.26 Å². The van der Waals surface area contributed by atoms with Crippen LogP contribution in [0.2, 0.25) is 0 Å². The molecule has 13 heavy (non-hydrogen) atoms. The molecule has 1 aromatic carbocycles. The van der Waals surface area contributed by atoms with E-state index in [9.17, 15) is 0 Å². The zero-order valence-corrected chi connectivity index (χ0v) is 8.86. The fourth-order valence-electron chi connectivity index (χ4n) is 1.24. The topological polar surface area (TPSA) is 9.23 Å². The average molecular weight is 194 g/mol. The van der Waals surface area contributed by atoms with Crippen LogP contribution in [0.25, 0.3) is 0 Å². The lowest BCUT2D eigenvalue weighted by Crippen LogP contribution is -1.97. The van der Waals surface area contributed by atoms with Crippen LogP contribution in [-0.2, 0) is 0 Å². The van der Waals surface area contributed by atoms with Crippen molar-refractivity contribution in [2.24, 2.45) is 0 Å². The SMILES string of the molecule is CSc1ccc(C)cc1OC1CC1. The molecule has 2 rings (SSSR count). The summed E-state index contributed by atoms with van der Waals surface area (Å²) in [7, 11) is 0. The number of rotatable bonds is 3. The minimum absolute atomic E-state index is 0.493. The molecule has 0 aliphatic heterocycles. The lowest BCUT2D eigenvalue weighted by Gasteiger charge is -2.09. The van der Waals surface area contributed by atoms with Crippen LogP contribution in [0.1, 0.15) is 18.4 Å². The lowest BCUT2D eigenvalue weighted by atomic mass is 10.2. The van der Waals surface area contributed by atoms with Crippen LogP contribution in [0, 0.1) is 6.92 Å². The molecule has 0 radical (unpaired) electrons. The van der Waals surface area contributed by atoms with Crippen molar-refractivity contribution in [3.8, 4) is 5.75 Å². The predicted octanol–water partition coefficient (Wildman–Crippen LogP) is 3.26. The van der Waals surface area contributed by atoms with E-state index in [4.69, 9.17) is 4.74 Å². The summed E-state index contributed by atoms with van der Waals surface area (Å²) >= 11 is 1.75. The molecule has 1 nitrogen and oxygen atoms in total. The monoisotopic (exact) mass is 194 g/mol. The summed E-state index contributed by atoms with van der Waals surface area (Å²) in [6.07, 6.45) is 5.03. The Morgan fingerprint density at radius 2 is 2.15 bits per heavy atom. The summed E-state index contributed by atoms with van der Waals surface area (Å²) in [6.45, 7) is 2.10. The number of hydrogen-bond acceptors (Lipinski definition) is 2. The Bertz CT molecular complexity index is 305. The van der Waals surface area contributed by atoms with Gasteiger partial charge in [-0.05, 0) is 43.7 Å². The Kier molecular flexibility index (Phi) is 2.49. The summed E-state index contributed by atoms with van der Waals surface area (Å²) in [5.41, 5.74) is 1.27. The molecule has 0 bridgehead atoms. The second-order valence-electron chi connectivity index (χ2n) is 3.47. The standard InChI is InChI=1S/C11H14OS/c1-8-3-6-11(13-2)10(7-8)12-9-4-5-9/h3,6-7,9H,4-5H2,1-2H3. The molecule has 2 heteroatoms. The molecule has 0 unspecified atom stereocenters. The van der Waals surface area contributed by atoms with Gasteiger partial charge in [-0.15, -0.1) is 11.8 Å². The molecule has 1 aliphatic carbocycles. The first-order chi connectivity index (χ1) is 6.29. The zero-order chi connectivity index (χ0) is 9.26. The van der Waals surface area contributed by atoms with E-state index in [1.54, 1.807) is 11.8 Å². The Labute approximate surface area is 83.5 Å². The highest BCUT2D eigenvalue weighted by atomic mass is 32.2. The second-order valence-corrected chi connectivity index (χ2v) is 4.32. The quantitative estimate of drug-likeness (QED) is 0.683. The highest BCUT2D eigenvalue weighted by molar-refractivity contribution is 7.98. The Balaban J connectivity index is 2.22. The summed E-state index contributed by atoms with van der Waals surface area (Å²) in [4.78, 5) is 1.25.